The molecule has 1 saturated heterocycles. The third-order valence-electron chi connectivity index (χ3n) is 7.61. The van der Waals surface area contributed by atoms with Gasteiger partial charge in [-0.1, -0.05) is 32.0 Å². The summed E-state index contributed by atoms with van der Waals surface area (Å²) in [5.41, 5.74) is 2.04. The van der Waals surface area contributed by atoms with Gasteiger partial charge < -0.3 is 34.5 Å². The van der Waals surface area contributed by atoms with Gasteiger partial charge in [0.05, 0.1) is 6.61 Å². The van der Waals surface area contributed by atoms with Crippen molar-refractivity contribution in [1.29, 1.82) is 5.26 Å². The Labute approximate surface area is 251 Å². The predicted molar refractivity (Wildman–Crippen MR) is 163 cm³/mol. The predicted octanol–water partition coefficient (Wildman–Crippen LogP) is 2.74. The Bertz CT molecular complexity index is 1590. The van der Waals surface area contributed by atoms with E-state index < -0.39 is 58.6 Å². The van der Waals surface area contributed by atoms with Crippen molar-refractivity contribution < 1.29 is 38.0 Å². The van der Waals surface area contributed by atoms with Gasteiger partial charge in [-0.25, -0.2) is 13.1 Å². The van der Waals surface area contributed by atoms with Crippen molar-refractivity contribution in [3.63, 3.8) is 0 Å². The number of benzene rings is 2. The molecule has 4 rings (SSSR count). The zero-order valence-electron chi connectivity index (χ0n) is 24.5. The number of aliphatic hydroxyl groups excluding tert-OH is 4. The Hall–Kier alpha value is -3.28. The molecule has 2 aromatic carbocycles. The molecule has 0 saturated carbocycles. The summed E-state index contributed by atoms with van der Waals surface area (Å²) in [5.74, 6) is 0.692. The van der Waals surface area contributed by atoms with E-state index in [-0.39, 0.29) is 11.3 Å². The second-order valence-corrected chi connectivity index (χ2v) is 12.4. The quantitative estimate of drug-likeness (QED) is 0.191. The number of nitrogens with zero attached hydrogens (tertiary/aromatic N) is 2. The molecule has 0 aliphatic carbocycles. The zero-order chi connectivity index (χ0) is 31.3. The Balaban J connectivity index is 1.53. The van der Waals surface area contributed by atoms with Crippen LogP contribution in [0.2, 0.25) is 0 Å². The molecule has 5 atom stereocenters. The van der Waals surface area contributed by atoms with Crippen LogP contribution in [0, 0.1) is 11.3 Å². The molecule has 0 radical (unpaired) electrons. The standard InChI is InChI=1S/C31H39N3O8S/c1-4-12-34(13-5-2)23-9-8-20-14-22(7-6-21(20)15-23)25-11-10-24(41-25)19(3)28(16-32)43(39,40)33-17-26-29(36)31(38)30(37)27(18-35)42-26/h6-11,14-15,26-27,29-31,33,35-38H,4-5,12-13,17-18H2,1-3H3/b28-19+/t26-,27?,29-,30+,31+/m1/s1. The lowest BCUT2D eigenvalue weighted by Gasteiger charge is -2.40. The molecule has 11 nitrogen and oxygen atoms in total. The van der Waals surface area contributed by atoms with E-state index in [1.807, 2.05) is 18.2 Å². The number of fused-ring (bicyclic) bond motifs is 1. The summed E-state index contributed by atoms with van der Waals surface area (Å²) >= 11 is 0. The van der Waals surface area contributed by atoms with E-state index in [0.717, 1.165) is 42.3 Å². The SMILES string of the molecule is CCCN(CCC)c1ccc2cc(-c3ccc(/C(C)=C(\C#N)S(=O)(=O)NC[C@H]4OC(CO)[C@H](O)[C@@H](O)[C@@H]4O)o3)ccc2c1. The van der Waals surface area contributed by atoms with Gasteiger partial charge in [-0.3, -0.25) is 0 Å². The molecule has 0 amide bonds. The van der Waals surface area contributed by atoms with Crippen molar-refractivity contribution in [3.05, 3.63) is 59.2 Å². The van der Waals surface area contributed by atoms with Crippen LogP contribution >= 0.6 is 0 Å². The van der Waals surface area contributed by atoms with Gasteiger partial charge >= 0.3 is 0 Å². The van der Waals surface area contributed by atoms with Crippen LogP contribution in [0.5, 0.6) is 0 Å². The number of allylic oxidation sites excluding steroid dienone is 2. The molecular formula is C31H39N3O8S. The fourth-order valence-electron chi connectivity index (χ4n) is 5.26. The fraction of sp³-hybridized carbons (Fsp3) is 0.452. The number of hydrogen-bond acceptors (Lipinski definition) is 10. The van der Waals surface area contributed by atoms with E-state index >= 15 is 0 Å². The average Bonchev–Trinajstić information content (AvgIpc) is 3.50. The molecule has 0 bridgehead atoms. The number of furan rings is 1. The molecule has 5 N–H and O–H groups in total. The molecule has 2 heterocycles. The van der Waals surface area contributed by atoms with Crippen LogP contribution in [0.4, 0.5) is 5.69 Å². The third-order valence-corrected chi connectivity index (χ3v) is 9.09. The summed E-state index contributed by atoms with van der Waals surface area (Å²) in [6.45, 7) is 6.60. The number of anilines is 1. The van der Waals surface area contributed by atoms with E-state index in [2.05, 4.69) is 41.7 Å². The Morgan fingerprint density at radius 2 is 1.60 bits per heavy atom. The number of ether oxygens (including phenoxy) is 1. The highest BCUT2D eigenvalue weighted by Crippen LogP contribution is 2.32. The number of nitriles is 1. The summed E-state index contributed by atoms with van der Waals surface area (Å²) < 4.78 is 39.7. The minimum atomic E-state index is -4.39. The lowest BCUT2D eigenvalue weighted by Crippen LogP contribution is -2.60. The molecule has 1 aliphatic rings. The van der Waals surface area contributed by atoms with Gasteiger partial charge in [-0.15, -0.1) is 0 Å². The number of hydrogen-bond donors (Lipinski definition) is 5. The van der Waals surface area contributed by atoms with E-state index in [0.29, 0.717) is 5.76 Å². The van der Waals surface area contributed by atoms with Gasteiger partial charge in [-0.05, 0) is 60.9 Å². The van der Waals surface area contributed by atoms with Crippen molar-refractivity contribution in [2.75, 3.05) is 31.1 Å². The van der Waals surface area contributed by atoms with Crippen LogP contribution in [0.25, 0.3) is 27.7 Å². The van der Waals surface area contributed by atoms with Crippen molar-refractivity contribution >= 4 is 32.1 Å². The maximum absolute atomic E-state index is 13.1. The van der Waals surface area contributed by atoms with Crippen LogP contribution in [0.15, 0.2) is 57.9 Å². The number of sulfonamides is 1. The summed E-state index contributed by atoms with van der Waals surface area (Å²) in [5, 5.41) is 51.3. The van der Waals surface area contributed by atoms with Crippen LogP contribution in [-0.2, 0) is 14.8 Å². The highest BCUT2D eigenvalue weighted by atomic mass is 32.2. The second-order valence-electron chi connectivity index (χ2n) is 10.7. The van der Waals surface area contributed by atoms with Crippen molar-refractivity contribution in [2.45, 2.75) is 64.1 Å². The van der Waals surface area contributed by atoms with Gasteiger partial charge in [0, 0.05) is 36.5 Å². The molecule has 1 aliphatic heterocycles. The number of nitrogens with one attached hydrogen (secondary N) is 1. The largest absolute Gasteiger partial charge is 0.456 e. The van der Waals surface area contributed by atoms with E-state index in [1.165, 1.54) is 12.6 Å². The Morgan fingerprint density at radius 3 is 2.26 bits per heavy atom. The number of aliphatic hydroxyl groups is 4. The Kier molecular flexibility index (Phi) is 10.6. The van der Waals surface area contributed by atoms with Crippen LogP contribution in [0.3, 0.4) is 0 Å². The summed E-state index contributed by atoms with van der Waals surface area (Å²) in [6.07, 6.45) is -5.17. The van der Waals surface area contributed by atoms with E-state index in [1.54, 1.807) is 18.2 Å². The van der Waals surface area contributed by atoms with Crippen molar-refractivity contribution in [2.24, 2.45) is 0 Å². The highest BCUT2D eigenvalue weighted by molar-refractivity contribution is 7.93. The first kappa shape index (κ1) is 32.6. The van der Waals surface area contributed by atoms with Gasteiger partial charge in [0.15, 0.2) is 4.91 Å². The lowest BCUT2D eigenvalue weighted by molar-refractivity contribution is -0.226. The summed E-state index contributed by atoms with van der Waals surface area (Å²) in [4.78, 5) is 1.79. The Morgan fingerprint density at radius 1 is 0.953 bits per heavy atom. The maximum atomic E-state index is 13.1. The average molecular weight is 614 g/mol. The molecule has 3 aromatic rings. The second kappa shape index (κ2) is 14.0. The smallest absolute Gasteiger partial charge is 0.251 e. The number of rotatable bonds is 12. The fourth-order valence-corrected chi connectivity index (χ4v) is 6.41. The molecule has 12 heteroatoms. The molecule has 1 unspecified atom stereocenters. The van der Waals surface area contributed by atoms with E-state index in [9.17, 15) is 34.1 Å². The zero-order valence-corrected chi connectivity index (χ0v) is 25.3. The normalized spacial score (nSPS) is 23.2. The van der Waals surface area contributed by atoms with Crippen LogP contribution < -0.4 is 9.62 Å². The monoisotopic (exact) mass is 613 g/mol. The first-order valence-electron chi connectivity index (χ1n) is 14.3. The molecule has 1 fully saturated rings. The van der Waals surface area contributed by atoms with Gasteiger partial charge in [0.1, 0.15) is 48.1 Å². The minimum Gasteiger partial charge on any atom is -0.456 e. The van der Waals surface area contributed by atoms with Gasteiger partial charge in [0.25, 0.3) is 10.0 Å². The van der Waals surface area contributed by atoms with Gasteiger partial charge in [-0.2, -0.15) is 5.26 Å². The van der Waals surface area contributed by atoms with E-state index in [4.69, 9.17) is 9.15 Å². The highest BCUT2D eigenvalue weighted by Gasteiger charge is 2.43. The van der Waals surface area contributed by atoms with Crippen molar-refractivity contribution in [3.8, 4) is 17.4 Å². The van der Waals surface area contributed by atoms with Crippen LogP contribution in [-0.4, -0.2) is 85.6 Å². The molecule has 43 heavy (non-hydrogen) atoms. The van der Waals surface area contributed by atoms with Gasteiger partial charge in [0.2, 0.25) is 0 Å². The summed E-state index contributed by atoms with van der Waals surface area (Å²) in [6, 6.07) is 17.3. The maximum Gasteiger partial charge on any atom is 0.251 e. The molecule has 1 aromatic heterocycles. The summed E-state index contributed by atoms with van der Waals surface area (Å²) in [7, 11) is -4.39. The molecule has 0 spiro atoms. The van der Waals surface area contributed by atoms with Crippen LogP contribution in [0.1, 0.15) is 39.4 Å². The first-order chi connectivity index (χ1) is 20.5. The minimum absolute atomic E-state index is 0.0763. The molecular weight excluding hydrogens is 574 g/mol. The molecule has 232 valence electrons. The first-order valence-corrected chi connectivity index (χ1v) is 15.8. The topological polar surface area (TPSA) is 176 Å². The lowest BCUT2D eigenvalue weighted by atomic mass is 9.95. The van der Waals surface area contributed by atoms with Crippen molar-refractivity contribution in [1.82, 2.24) is 4.72 Å². The third kappa shape index (κ3) is 7.11.